The Morgan fingerprint density at radius 3 is 1.87 bits per heavy atom. The molecule has 0 saturated heterocycles. The van der Waals surface area contributed by atoms with Gasteiger partial charge in [-0.05, 0) is 137 Å². The molecule has 3 N–H and O–H groups in total. The number of hydrogen-bond acceptors (Lipinski definition) is 7. The molecule has 6 aromatic rings. The normalized spacial score (nSPS) is 15.8. The van der Waals surface area contributed by atoms with E-state index in [9.17, 15) is 27.9 Å². The van der Waals surface area contributed by atoms with Crippen molar-refractivity contribution in [1.29, 1.82) is 0 Å². The summed E-state index contributed by atoms with van der Waals surface area (Å²) in [7, 11) is -0.877. The number of para-hydroxylation sites is 2. The molecule has 0 aromatic heterocycles. The van der Waals surface area contributed by atoms with Crippen LogP contribution in [0.15, 0.2) is 193 Å². The molecule has 15 heteroatoms. The molecule has 1 aliphatic carbocycles. The molecule has 2 amide bonds. The van der Waals surface area contributed by atoms with E-state index in [1.54, 1.807) is 6.07 Å². The third-order valence-corrected chi connectivity index (χ3v) is 15.6. The molecule has 0 spiro atoms. The molecule has 1 heterocycles. The van der Waals surface area contributed by atoms with E-state index < -0.39 is 42.6 Å². The van der Waals surface area contributed by atoms with Crippen LogP contribution in [0.1, 0.15) is 90.3 Å². The number of alkyl halides is 3. The number of phenols is 1. The first-order valence-electron chi connectivity index (χ1n) is 25.5. The van der Waals surface area contributed by atoms with Gasteiger partial charge >= 0.3 is 34.0 Å². The van der Waals surface area contributed by atoms with E-state index >= 15 is 0 Å². The van der Waals surface area contributed by atoms with Gasteiger partial charge in [0.25, 0.3) is 0 Å². The van der Waals surface area contributed by atoms with E-state index in [0.717, 1.165) is 55.4 Å². The van der Waals surface area contributed by atoms with Crippen molar-refractivity contribution in [2.75, 3.05) is 0 Å². The van der Waals surface area contributed by atoms with E-state index in [-0.39, 0.29) is 40.5 Å². The molecule has 6 aromatic carbocycles. The van der Waals surface area contributed by atoms with Gasteiger partial charge in [0.15, 0.2) is 0 Å². The van der Waals surface area contributed by atoms with Crippen LogP contribution in [0.5, 0.6) is 11.5 Å². The number of benzene rings is 6. The van der Waals surface area contributed by atoms with Gasteiger partial charge < -0.3 is 35.0 Å². The fourth-order valence-corrected chi connectivity index (χ4v) is 11.1. The average molecular weight is 1290 g/mol. The Hall–Kier alpha value is -6.23. The molecule has 4 atom stereocenters. The quantitative estimate of drug-likeness (QED) is 0.0384. The van der Waals surface area contributed by atoms with Crippen molar-refractivity contribution in [1.82, 2.24) is 5.32 Å². The summed E-state index contributed by atoms with van der Waals surface area (Å²) in [4.78, 5) is 22.6. The van der Waals surface area contributed by atoms with Gasteiger partial charge in [-0.25, -0.2) is 4.79 Å². The van der Waals surface area contributed by atoms with Gasteiger partial charge in [-0.1, -0.05) is 158 Å². The molecule has 0 fully saturated rings. The number of fused-ring (bicyclic) bond motifs is 2. The molecular formula is C63H71AuF3N2O7PS. The Morgan fingerprint density at radius 2 is 1.37 bits per heavy atom. The molecule has 8 rings (SSSR count). The number of nitrogens with one attached hydrogen (secondary N) is 2. The third-order valence-electron chi connectivity index (χ3n) is 12.5. The first kappa shape index (κ1) is 66.1. The number of allylic oxidation sites excluding steroid dienone is 3. The maximum Gasteiger partial charge on any atom is 1.00 e. The van der Waals surface area contributed by atoms with E-state index in [1.165, 1.54) is 32.6 Å². The largest absolute Gasteiger partial charge is 1.00 e. The number of rotatable bonds is 13. The van der Waals surface area contributed by atoms with Crippen molar-refractivity contribution in [3.8, 4) is 23.3 Å². The van der Waals surface area contributed by atoms with Crippen LogP contribution in [0, 0.1) is 23.7 Å². The Bertz CT molecular complexity index is 2790. The smallest absolute Gasteiger partial charge is 0.766 e. The van der Waals surface area contributed by atoms with Gasteiger partial charge in [-0.2, -0.15) is 13.2 Å². The monoisotopic (exact) mass is 1280 g/mol. The number of phenolic OH excluding ortho intramolecular Hbond substituents is 1. The van der Waals surface area contributed by atoms with Gasteiger partial charge in [0, 0.05) is 12.3 Å². The zero-order valence-corrected chi connectivity index (χ0v) is 48.9. The van der Waals surface area contributed by atoms with E-state index in [1.807, 2.05) is 69.3 Å². The standard InChI is InChI=1S/C18H15P.2C15H18O.C14H20N2O3.CHF3O2S.Au/c1-4-10-16(11-5-1)19(17-12-6-2-7-13-17)18-14-8-3-9-15-18;1-11-6-5-9-15(2)13(11)10-12-7-3-4-8-14(12)16-15;1-3-4-5-8-13(2)11-12-14-9-6-7-10-15(14)16;1-10(2)8-12(13(15)17)16-14(18)19-9-11-6-4-3-5-7-11;2-1(3,4)7(5)6;/h1-15H;3-4,6-8,13H,5,9-10H2,1-2H3;6-7,9-11,16H,5,8,12H2,1-2H3;3-7,10,12H,8-9H2,1-2H3,(H3,15,16,17,18);(H,5,6);/q;;;;;+1/p-1/b;;13-11+;;;/t;13-,15-;;12-;;/m.0.0../s1. The second kappa shape index (κ2) is 34.6. The average Bonchev–Trinajstić information content (AvgIpc) is 3.41. The molecule has 1 unspecified atom stereocenters. The summed E-state index contributed by atoms with van der Waals surface area (Å²) in [5, 5.41) is 16.3. The second-order valence-electron chi connectivity index (χ2n) is 19.0. The van der Waals surface area contributed by atoms with Crippen molar-refractivity contribution in [3.63, 3.8) is 0 Å². The van der Waals surface area contributed by atoms with Crippen LogP contribution >= 0.6 is 7.92 Å². The number of amides is 2. The van der Waals surface area contributed by atoms with Gasteiger partial charge in [0.2, 0.25) is 0 Å². The Labute approximate surface area is 478 Å². The van der Waals surface area contributed by atoms with Crippen LogP contribution < -0.4 is 26.0 Å². The number of carbonyl (C=O) groups is 2. The topological polar surface area (TPSA) is 149 Å². The van der Waals surface area contributed by atoms with E-state index in [2.05, 4.69) is 165 Å². The summed E-state index contributed by atoms with van der Waals surface area (Å²) in [5.74, 6) is 7.39. The van der Waals surface area contributed by atoms with Crippen LogP contribution in [-0.4, -0.2) is 43.0 Å². The Kier molecular flexibility index (Phi) is 29.3. The molecule has 0 radical (unpaired) electrons. The predicted octanol–water partition coefficient (Wildman–Crippen LogP) is 13.9. The summed E-state index contributed by atoms with van der Waals surface area (Å²) in [5.41, 5.74) is 8.08. The summed E-state index contributed by atoms with van der Waals surface area (Å²) in [6.45, 7) is 12.5. The molecule has 78 heavy (non-hydrogen) atoms. The van der Waals surface area contributed by atoms with Gasteiger partial charge in [0.1, 0.15) is 39.6 Å². The molecule has 0 saturated carbocycles. The van der Waals surface area contributed by atoms with Crippen LogP contribution in [0.4, 0.5) is 18.0 Å². The fraction of sp³-hybridized carbons (Fsp3) is 0.302. The first-order valence-corrected chi connectivity index (χ1v) is 28.1. The summed E-state index contributed by atoms with van der Waals surface area (Å²) in [6.07, 6.45) is 10.4. The number of halogens is 3. The fourth-order valence-electron chi connectivity index (χ4n) is 8.51. The number of carbonyl (C=O) groups excluding carboxylic acids is 2. The molecular weight excluding hydrogens is 1210 g/mol. The first-order chi connectivity index (χ1) is 36.8. The van der Waals surface area contributed by atoms with Gasteiger partial charge in [-0.3, -0.25) is 4.21 Å². The Balaban J connectivity index is 0.000000262. The minimum absolute atomic E-state index is 0. The van der Waals surface area contributed by atoms with Gasteiger partial charge in [-0.15, -0.1) is 11.8 Å². The van der Waals surface area contributed by atoms with Crippen LogP contribution in [0.3, 0.4) is 0 Å². The van der Waals surface area contributed by atoms with Crippen LogP contribution in [-0.2, 0) is 62.4 Å². The van der Waals surface area contributed by atoms with Crippen molar-refractivity contribution >= 4 is 46.9 Å². The third kappa shape index (κ3) is 23.4. The molecule has 9 nitrogen and oxygen atoms in total. The van der Waals surface area contributed by atoms with E-state index in [0.29, 0.717) is 18.1 Å². The van der Waals surface area contributed by atoms with Crippen LogP contribution in [0.2, 0.25) is 0 Å². The number of aromatic hydroxyl groups is 1. The number of ether oxygens (including phenoxy) is 2. The summed E-state index contributed by atoms with van der Waals surface area (Å²) in [6, 6.07) is 56.9. The SMILES string of the molecule is CC#CCC/C(C)=C/Cc1ccccc1O.CC(C)C[C@H](NC(=O)OCc1ccccc1)C([NH-])=O.CC1=CCC[C@]2(C)Oc3ccccc3C[C@@H]12.O=S([O-])C(F)(F)F.[Au+].c1ccc([PH+](c2ccccc2)c2ccccc2)cc1. The predicted molar refractivity (Wildman–Crippen MR) is 308 cm³/mol. The molecule has 0 bridgehead atoms. The van der Waals surface area contributed by atoms with Crippen LogP contribution in [0.25, 0.3) is 5.73 Å². The molecule has 418 valence electrons. The van der Waals surface area contributed by atoms with Crippen molar-refractivity contribution in [3.05, 3.63) is 216 Å². The number of hydrogen-bond donors (Lipinski definition) is 2. The van der Waals surface area contributed by atoms with E-state index in [4.69, 9.17) is 24.0 Å². The summed E-state index contributed by atoms with van der Waals surface area (Å²) < 4.78 is 60.7. The maximum absolute atomic E-state index is 11.5. The Morgan fingerprint density at radius 1 is 0.872 bits per heavy atom. The van der Waals surface area contributed by atoms with Crippen molar-refractivity contribution in [2.45, 2.75) is 110 Å². The number of alkyl carbamates (subject to hydrolysis) is 1. The zero-order valence-electron chi connectivity index (χ0n) is 44.9. The molecule has 2 aliphatic rings. The zero-order chi connectivity index (χ0) is 56.2. The minimum Gasteiger partial charge on any atom is -0.766 e. The van der Waals surface area contributed by atoms with Crippen molar-refractivity contribution < 1.29 is 68.5 Å². The maximum atomic E-state index is 11.5. The van der Waals surface area contributed by atoms with Gasteiger partial charge in [0.05, 0.1) is 31.0 Å². The minimum atomic E-state index is -5.08. The second-order valence-corrected chi connectivity index (χ2v) is 22.4. The molecule has 1 aliphatic heterocycles. The summed E-state index contributed by atoms with van der Waals surface area (Å²) >= 11 is -3.93. The van der Waals surface area contributed by atoms with Crippen molar-refractivity contribution in [2.24, 2.45) is 11.8 Å².